The Morgan fingerprint density at radius 1 is 0.970 bits per heavy atom. The molecule has 0 bridgehead atoms. The number of aromatic nitrogens is 2. The minimum Gasteiger partial charge on any atom is -0.493 e. The molecule has 0 aliphatic heterocycles. The van der Waals surface area contributed by atoms with Crippen molar-refractivity contribution < 1.29 is 18.6 Å². The smallest absolute Gasteiger partial charge is 0.267 e. The van der Waals surface area contributed by atoms with Crippen LogP contribution in [0.5, 0.6) is 17.2 Å². The van der Waals surface area contributed by atoms with Gasteiger partial charge >= 0.3 is 0 Å². The van der Waals surface area contributed by atoms with Crippen molar-refractivity contribution in [3.63, 3.8) is 0 Å². The molecule has 0 unspecified atom stereocenters. The number of methoxy groups -OCH3 is 3. The molecule has 0 spiro atoms. The maximum Gasteiger partial charge on any atom is 0.267 e. The molecular formula is C25H23FN2O4S. The molecule has 0 aliphatic carbocycles. The molecule has 0 N–H and O–H groups in total. The van der Waals surface area contributed by atoms with Crippen molar-refractivity contribution in [3.05, 3.63) is 81.9 Å². The summed E-state index contributed by atoms with van der Waals surface area (Å²) in [4.78, 5) is 18.5. The molecule has 1 aromatic heterocycles. The predicted octanol–water partition coefficient (Wildman–Crippen LogP) is 5.15. The summed E-state index contributed by atoms with van der Waals surface area (Å²) >= 11 is 1.35. The number of ether oxygens (including phenoxy) is 3. The van der Waals surface area contributed by atoms with E-state index in [2.05, 4.69) is 0 Å². The Kier molecular flexibility index (Phi) is 6.55. The number of aryl methyl sites for hydroxylation is 1. The number of halogens is 1. The van der Waals surface area contributed by atoms with Gasteiger partial charge in [0.15, 0.2) is 16.7 Å². The van der Waals surface area contributed by atoms with E-state index >= 15 is 0 Å². The van der Waals surface area contributed by atoms with Crippen LogP contribution in [0.3, 0.4) is 0 Å². The molecule has 0 saturated carbocycles. The Morgan fingerprint density at radius 2 is 1.67 bits per heavy atom. The fourth-order valence-corrected chi connectivity index (χ4v) is 4.70. The first-order chi connectivity index (χ1) is 16.0. The number of hydrogen-bond donors (Lipinski definition) is 0. The van der Waals surface area contributed by atoms with Crippen LogP contribution in [-0.4, -0.2) is 30.9 Å². The van der Waals surface area contributed by atoms with E-state index < -0.39 is 11.4 Å². The number of fused-ring (bicyclic) bond motifs is 1. The minimum atomic E-state index is -0.522. The van der Waals surface area contributed by atoms with Crippen LogP contribution in [0.4, 0.5) is 4.39 Å². The molecule has 0 radical (unpaired) electrons. The van der Waals surface area contributed by atoms with Gasteiger partial charge in [-0.1, -0.05) is 48.2 Å². The highest BCUT2D eigenvalue weighted by Gasteiger charge is 2.23. The van der Waals surface area contributed by atoms with Crippen LogP contribution in [0.25, 0.3) is 16.6 Å². The van der Waals surface area contributed by atoms with Gasteiger partial charge in [0.25, 0.3) is 5.56 Å². The maximum atomic E-state index is 14.8. The highest BCUT2D eigenvalue weighted by Crippen LogP contribution is 2.42. The van der Waals surface area contributed by atoms with E-state index in [0.717, 1.165) is 11.1 Å². The molecule has 0 aliphatic rings. The summed E-state index contributed by atoms with van der Waals surface area (Å²) in [6.07, 6.45) is 0. The third kappa shape index (κ3) is 4.14. The summed E-state index contributed by atoms with van der Waals surface area (Å²) in [6.45, 7) is 2.02. The minimum absolute atomic E-state index is 0.123. The molecule has 1 heterocycles. The number of nitrogens with zero attached hydrogens (tertiary/aromatic N) is 2. The molecule has 3 aromatic carbocycles. The molecule has 33 heavy (non-hydrogen) atoms. The lowest BCUT2D eigenvalue weighted by Crippen LogP contribution is -2.23. The summed E-state index contributed by atoms with van der Waals surface area (Å²) in [7, 11) is 4.43. The van der Waals surface area contributed by atoms with E-state index in [1.165, 1.54) is 43.7 Å². The largest absolute Gasteiger partial charge is 0.493 e. The van der Waals surface area contributed by atoms with Crippen molar-refractivity contribution in [1.82, 2.24) is 9.55 Å². The van der Waals surface area contributed by atoms with E-state index in [9.17, 15) is 9.18 Å². The van der Waals surface area contributed by atoms with Crippen LogP contribution in [0.1, 0.15) is 11.1 Å². The third-order valence-electron chi connectivity index (χ3n) is 5.35. The molecule has 0 fully saturated rings. The van der Waals surface area contributed by atoms with Crippen LogP contribution in [0.2, 0.25) is 0 Å². The second kappa shape index (κ2) is 9.54. The number of rotatable bonds is 7. The van der Waals surface area contributed by atoms with Gasteiger partial charge in [-0.25, -0.2) is 9.37 Å². The lowest BCUT2D eigenvalue weighted by Gasteiger charge is -2.18. The van der Waals surface area contributed by atoms with E-state index in [1.807, 2.05) is 31.2 Å². The molecule has 0 saturated heterocycles. The fourth-order valence-electron chi connectivity index (χ4n) is 3.62. The Hall–Kier alpha value is -3.52. The average Bonchev–Trinajstić information content (AvgIpc) is 2.83. The lowest BCUT2D eigenvalue weighted by atomic mass is 10.1. The van der Waals surface area contributed by atoms with Crippen LogP contribution in [0.15, 0.2) is 64.5 Å². The Morgan fingerprint density at radius 3 is 2.33 bits per heavy atom. The number of thioether (sulfide) groups is 1. The predicted molar refractivity (Wildman–Crippen MR) is 128 cm³/mol. The van der Waals surface area contributed by atoms with Gasteiger partial charge in [-0.05, 0) is 36.2 Å². The number of hydrogen-bond acceptors (Lipinski definition) is 6. The zero-order valence-electron chi connectivity index (χ0n) is 18.7. The standard InChI is InChI=1S/C25H23FN2O4S/c1-15-9-5-6-10-16(15)14-33-25-27-21-17(13-20(30-2)22(31-3)23(21)32-4)24(29)28(25)19-12-8-7-11-18(19)26/h5-13H,14H2,1-4H3. The van der Waals surface area contributed by atoms with Gasteiger partial charge in [0, 0.05) is 5.75 Å². The molecule has 4 aromatic rings. The summed E-state index contributed by atoms with van der Waals surface area (Å²) in [5.74, 6) is 0.960. The third-order valence-corrected chi connectivity index (χ3v) is 6.33. The van der Waals surface area contributed by atoms with E-state index in [-0.39, 0.29) is 16.8 Å². The topological polar surface area (TPSA) is 62.6 Å². The van der Waals surface area contributed by atoms with Crippen molar-refractivity contribution >= 4 is 22.7 Å². The van der Waals surface area contributed by atoms with Crippen molar-refractivity contribution in [3.8, 4) is 22.9 Å². The monoisotopic (exact) mass is 466 g/mol. The number of para-hydroxylation sites is 1. The Balaban J connectivity index is 2.01. The Bertz CT molecular complexity index is 1390. The summed E-state index contributed by atoms with van der Waals surface area (Å²) in [6, 6.07) is 15.6. The number of benzene rings is 3. The molecular weight excluding hydrogens is 443 g/mol. The van der Waals surface area contributed by atoms with Crippen molar-refractivity contribution in [2.45, 2.75) is 17.8 Å². The van der Waals surface area contributed by atoms with Gasteiger partial charge in [0.05, 0.1) is 32.4 Å². The zero-order chi connectivity index (χ0) is 23.5. The highest BCUT2D eigenvalue weighted by atomic mass is 32.2. The molecule has 0 amide bonds. The first kappa shape index (κ1) is 22.7. The normalized spacial score (nSPS) is 10.9. The van der Waals surface area contributed by atoms with E-state index in [4.69, 9.17) is 19.2 Å². The van der Waals surface area contributed by atoms with Crippen molar-refractivity contribution in [2.24, 2.45) is 0 Å². The second-order valence-electron chi connectivity index (χ2n) is 7.24. The van der Waals surface area contributed by atoms with E-state index in [0.29, 0.717) is 27.9 Å². The quantitative estimate of drug-likeness (QED) is 0.277. The van der Waals surface area contributed by atoms with Gasteiger partial charge in [0.1, 0.15) is 11.3 Å². The van der Waals surface area contributed by atoms with Crippen LogP contribution in [0, 0.1) is 12.7 Å². The first-order valence-corrected chi connectivity index (χ1v) is 11.2. The van der Waals surface area contributed by atoms with Crippen molar-refractivity contribution in [1.29, 1.82) is 0 Å². The highest BCUT2D eigenvalue weighted by molar-refractivity contribution is 7.98. The van der Waals surface area contributed by atoms with Gasteiger partial charge in [0.2, 0.25) is 5.75 Å². The molecule has 0 atom stereocenters. The molecule has 170 valence electrons. The fraction of sp³-hybridized carbons (Fsp3) is 0.200. The van der Waals surface area contributed by atoms with Crippen LogP contribution < -0.4 is 19.8 Å². The summed E-state index contributed by atoms with van der Waals surface area (Å²) in [5, 5.41) is 0.569. The molecule has 8 heteroatoms. The maximum absolute atomic E-state index is 14.8. The second-order valence-corrected chi connectivity index (χ2v) is 8.19. The van der Waals surface area contributed by atoms with Crippen LogP contribution >= 0.6 is 11.8 Å². The average molecular weight is 467 g/mol. The zero-order valence-corrected chi connectivity index (χ0v) is 19.5. The van der Waals surface area contributed by atoms with Gasteiger partial charge in [-0.2, -0.15) is 0 Å². The summed E-state index contributed by atoms with van der Waals surface area (Å²) < 4.78 is 32.5. The van der Waals surface area contributed by atoms with Gasteiger partial charge in [-0.3, -0.25) is 9.36 Å². The van der Waals surface area contributed by atoms with Crippen LogP contribution in [-0.2, 0) is 5.75 Å². The summed E-state index contributed by atoms with van der Waals surface area (Å²) in [5.41, 5.74) is 2.22. The SMILES string of the molecule is COc1cc2c(=O)n(-c3ccccc3F)c(SCc3ccccc3C)nc2c(OC)c1OC. The lowest BCUT2D eigenvalue weighted by molar-refractivity contribution is 0.326. The Labute approximate surface area is 194 Å². The van der Waals surface area contributed by atoms with E-state index in [1.54, 1.807) is 24.3 Å². The van der Waals surface area contributed by atoms with Crippen molar-refractivity contribution in [2.75, 3.05) is 21.3 Å². The van der Waals surface area contributed by atoms with Gasteiger partial charge < -0.3 is 14.2 Å². The first-order valence-electron chi connectivity index (χ1n) is 10.2. The molecule has 4 rings (SSSR count). The van der Waals surface area contributed by atoms with Gasteiger partial charge in [-0.15, -0.1) is 0 Å². The molecule has 6 nitrogen and oxygen atoms in total.